The number of ether oxygens (including phenoxy) is 2. The minimum absolute atomic E-state index is 0. The van der Waals surface area contributed by atoms with Gasteiger partial charge in [-0.15, -0.1) is 12.4 Å². The summed E-state index contributed by atoms with van der Waals surface area (Å²) >= 11 is 0. The highest BCUT2D eigenvalue weighted by atomic mass is 35.5. The molecule has 8 heteroatoms. The normalized spacial score (nSPS) is 15.4. The zero-order valence-corrected chi connectivity index (χ0v) is 16.7. The summed E-state index contributed by atoms with van der Waals surface area (Å²) in [4.78, 5) is 12.5. The maximum absolute atomic E-state index is 12.7. The van der Waals surface area contributed by atoms with Crippen LogP contribution in [0.15, 0.2) is 48.5 Å². The molecule has 1 saturated heterocycles. The van der Waals surface area contributed by atoms with Gasteiger partial charge in [-0.2, -0.15) is 8.78 Å². The van der Waals surface area contributed by atoms with Crippen LogP contribution in [-0.2, 0) is 16.0 Å². The van der Waals surface area contributed by atoms with Crippen molar-refractivity contribution in [2.75, 3.05) is 18.5 Å². The number of carbonyl (C=O) groups excluding carboxylic acids is 1. The molecule has 2 aromatic rings. The Morgan fingerprint density at radius 1 is 1.17 bits per heavy atom. The van der Waals surface area contributed by atoms with Crippen molar-refractivity contribution >= 4 is 24.0 Å². The first-order valence-corrected chi connectivity index (χ1v) is 9.29. The lowest BCUT2D eigenvalue weighted by molar-refractivity contribution is -0.119. The van der Waals surface area contributed by atoms with Crippen molar-refractivity contribution in [1.82, 2.24) is 0 Å². The smallest absolute Gasteiger partial charge is 0.387 e. The first kappa shape index (κ1) is 23.1. The van der Waals surface area contributed by atoms with E-state index < -0.39 is 12.7 Å². The summed E-state index contributed by atoms with van der Waals surface area (Å²) in [5, 5.41) is 2.80. The second kappa shape index (κ2) is 11.1. The number of rotatable bonds is 7. The first-order chi connectivity index (χ1) is 13.5. The third-order valence-electron chi connectivity index (χ3n) is 4.86. The maximum Gasteiger partial charge on any atom is 0.387 e. The number of amides is 1. The highest BCUT2D eigenvalue weighted by Gasteiger charge is 2.26. The predicted octanol–water partition coefficient (Wildman–Crippen LogP) is 3.99. The van der Waals surface area contributed by atoms with Gasteiger partial charge >= 0.3 is 6.61 Å². The van der Waals surface area contributed by atoms with Crippen molar-refractivity contribution in [3.05, 3.63) is 59.7 Å². The summed E-state index contributed by atoms with van der Waals surface area (Å²) in [5.74, 6) is -0.135. The Bertz CT molecular complexity index is 787. The average molecular weight is 427 g/mol. The van der Waals surface area contributed by atoms with Crippen LogP contribution in [0.3, 0.4) is 0 Å². The Morgan fingerprint density at radius 3 is 2.52 bits per heavy atom. The molecule has 0 saturated carbocycles. The van der Waals surface area contributed by atoms with E-state index in [1.54, 1.807) is 12.1 Å². The van der Waals surface area contributed by atoms with Crippen molar-refractivity contribution in [2.24, 2.45) is 11.7 Å². The summed E-state index contributed by atoms with van der Waals surface area (Å²) in [5.41, 5.74) is 8.11. The largest absolute Gasteiger partial charge is 0.435 e. The Balaban J connectivity index is 0.00000300. The van der Waals surface area contributed by atoms with Gasteiger partial charge in [-0.3, -0.25) is 4.79 Å². The molecule has 3 N–H and O–H groups in total. The summed E-state index contributed by atoms with van der Waals surface area (Å²) in [6.45, 7) is -1.71. The molecular weight excluding hydrogens is 402 g/mol. The molecule has 158 valence electrons. The van der Waals surface area contributed by atoms with Gasteiger partial charge in [0.25, 0.3) is 0 Å². The summed E-state index contributed by atoms with van der Waals surface area (Å²) < 4.78 is 35.4. The second-order valence-corrected chi connectivity index (χ2v) is 6.83. The quantitative estimate of drug-likeness (QED) is 0.702. The van der Waals surface area contributed by atoms with Crippen molar-refractivity contribution in [3.8, 4) is 5.75 Å². The van der Waals surface area contributed by atoms with Crippen molar-refractivity contribution in [3.63, 3.8) is 0 Å². The lowest BCUT2D eigenvalue weighted by Crippen LogP contribution is -2.44. The van der Waals surface area contributed by atoms with Crippen molar-refractivity contribution in [1.29, 1.82) is 0 Å². The molecule has 0 spiro atoms. The molecule has 0 bridgehead atoms. The molecule has 1 aliphatic heterocycles. The molecule has 1 unspecified atom stereocenters. The van der Waals surface area contributed by atoms with Crippen LogP contribution in [0.1, 0.15) is 24.0 Å². The topological polar surface area (TPSA) is 73.6 Å². The molecule has 0 aromatic heterocycles. The lowest BCUT2D eigenvalue weighted by Gasteiger charge is -2.26. The van der Waals surface area contributed by atoms with Crippen LogP contribution in [0.4, 0.5) is 14.5 Å². The number of halogens is 3. The molecule has 3 rings (SSSR count). The number of nitrogens with two attached hydrogens (primary N) is 1. The zero-order valence-electron chi connectivity index (χ0n) is 15.9. The molecule has 5 nitrogen and oxygen atoms in total. The molecule has 1 amide bonds. The van der Waals surface area contributed by atoms with Gasteiger partial charge in [0.1, 0.15) is 5.75 Å². The molecular formula is C21H25ClF2N2O3. The van der Waals surface area contributed by atoms with E-state index in [1.165, 1.54) is 6.07 Å². The summed E-state index contributed by atoms with van der Waals surface area (Å²) in [6.07, 6.45) is 1.89. The molecule has 0 radical (unpaired) electrons. The Hall–Kier alpha value is -2.22. The van der Waals surface area contributed by atoms with Crippen LogP contribution in [0.2, 0.25) is 0 Å². The number of hydrogen-bond donors (Lipinski definition) is 2. The molecule has 1 heterocycles. The summed E-state index contributed by atoms with van der Waals surface area (Å²) in [6, 6.07) is 13.4. The molecule has 29 heavy (non-hydrogen) atoms. The van der Waals surface area contributed by atoms with Crippen LogP contribution in [0.25, 0.3) is 0 Å². The van der Waals surface area contributed by atoms with E-state index in [2.05, 4.69) is 10.1 Å². The number of alkyl halides is 2. The molecule has 1 fully saturated rings. The van der Waals surface area contributed by atoms with Gasteiger partial charge in [0.2, 0.25) is 5.91 Å². The number of hydrogen-bond acceptors (Lipinski definition) is 4. The third kappa shape index (κ3) is 6.66. The molecule has 0 aliphatic carbocycles. The minimum atomic E-state index is -2.92. The number of benzene rings is 2. The monoisotopic (exact) mass is 426 g/mol. The van der Waals surface area contributed by atoms with E-state index in [9.17, 15) is 13.6 Å². The fourth-order valence-corrected chi connectivity index (χ4v) is 3.34. The van der Waals surface area contributed by atoms with Gasteiger partial charge in [0.15, 0.2) is 0 Å². The van der Waals surface area contributed by atoms with Crippen LogP contribution in [0, 0.1) is 5.92 Å². The third-order valence-corrected chi connectivity index (χ3v) is 4.86. The van der Waals surface area contributed by atoms with Gasteiger partial charge in [0.05, 0.1) is 6.04 Å². The molecule has 1 aliphatic rings. The van der Waals surface area contributed by atoms with E-state index in [0.29, 0.717) is 30.9 Å². The average Bonchev–Trinajstić information content (AvgIpc) is 2.70. The van der Waals surface area contributed by atoms with E-state index in [4.69, 9.17) is 10.5 Å². The van der Waals surface area contributed by atoms with Crippen LogP contribution in [0.5, 0.6) is 5.75 Å². The van der Waals surface area contributed by atoms with Gasteiger partial charge in [-0.1, -0.05) is 30.3 Å². The minimum Gasteiger partial charge on any atom is -0.435 e. The van der Waals surface area contributed by atoms with Gasteiger partial charge in [-0.05, 0) is 42.5 Å². The first-order valence-electron chi connectivity index (χ1n) is 9.29. The maximum atomic E-state index is 12.7. The number of carbonyl (C=O) groups is 1. The Kier molecular flexibility index (Phi) is 8.82. The number of nitrogens with one attached hydrogen (secondary N) is 1. The van der Waals surface area contributed by atoms with E-state index in [1.807, 2.05) is 30.3 Å². The predicted molar refractivity (Wildman–Crippen MR) is 110 cm³/mol. The second-order valence-electron chi connectivity index (χ2n) is 6.83. The van der Waals surface area contributed by atoms with Crippen molar-refractivity contribution in [2.45, 2.75) is 31.9 Å². The van der Waals surface area contributed by atoms with Gasteiger partial charge in [-0.25, -0.2) is 0 Å². The standard InChI is InChI=1S/C21H24F2N2O3.ClH/c22-21(23)28-18-7-6-17(13-16(18)12-14-4-2-1-3-5-14)25-20(26)19(24)15-8-10-27-11-9-15;/h1-7,13,15,19,21H,8-12,24H2,(H,25,26);1H. The van der Waals surface area contributed by atoms with E-state index in [-0.39, 0.29) is 30.0 Å². The zero-order chi connectivity index (χ0) is 19.9. The number of anilines is 1. The highest BCUT2D eigenvalue weighted by molar-refractivity contribution is 5.95. The molecule has 1 atom stereocenters. The van der Waals surface area contributed by atoms with E-state index >= 15 is 0 Å². The lowest BCUT2D eigenvalue weighted by atomic mass is 9.92. The van der Waals surface area contributed by atoms with Gasteiger partial charge < -0.3 is 20.5 Å². The van der Waals surface area contributed by atoms with E-state index in [0.717, 1.165) is 18.4 Å². The highest BCUT2D eigenvalue weighted by Crippen LogP contribution is 2.27. The summed E-state index contributed by atoms with van der Waals surface area (Å²) in [7, 11) is 0. The van der Waals surface area contributed by atoms with Crippen LogP contribution in [-0.4, -0.2) is 31.8 Å². The SMILES string of the molecule is Cl.NC(C(=O)Nc1ccc(OC(F)F)c(Cc2ccccc2)c1)C1CCOCC1. The van der Waals surface area contributed by atoms with Crippen molar-refractivity contribution < 1.29 is 23.0 Å². The van der Waals surface area contributed by atoms with Crippen LogP contribution < -0.4 is 15.8 Å². The molecule has 2 aromatic carbocycles. The van der Waals surface area contributed by atoms with Crippen LogP contribution >= 0.6 is 12.4 Å². The Morgan fingerprint density at radius 2 is 1.86 bits per heavy atom. The van der Waals surface area contributed by atoms with Gasteiger partial charge in [0, 0.05) is 30.9 Å². The fraction of sp³-hybridized carbons (Fsp3) is 0.381. The Labute approximate surface area is 175 Å². The fourth-order valence-electron chi connectivity index (χ4n) is 3.34.